The smallest absolute Gasteiger partial charge is 0.164 e. The largest absolute Gasteiger partial charge is 0.309 e. The molecule has 0 saturated heterocycles. The number of hydrogen-bond donors (Lipinski definition) is 0. The Hall–Kier alpha value is -5.94. The summed E-state index contributed by atoms with van der Waals surface area (Å²) < 4.78 is 17.7. The van der Waals surface area contributed by atoms with Crippen LogP contribution in [0.15, 0.2) is 146 Å². The Balaban J connectivity index is 1.43. The summed E-state index contributed by atoms with van der Waals surface area (Å²) in [4.78, 5) is 14.8. The number of aryl methyl sites for hydroxylation is 1. The molecule has 0 saturated carbocycles. The fraction of sp³-hybridized carbons (Fsp3) is 0.0250. The minimum atomic E-state index is -0.277. The van der Waals surface area contributed by atoms with Gasteiger partial charge in [0, 0.05) is 38.6 Å². The van der Waals surface area contributed by atoms with Crippen molar-refractivity contribution >= 4 is 21.8 Å². The zero-order valence-corrected chi connectivity index (χ0v) is 24.5. The molecule has 0 N–H and O–H groups in total. The van der Waals surface area contributed by atoms with E-state index in [4.69, 9.17) is 15.0 Å². The van der Waals surface area contributed by atoms with Crippen LogP contribution in [0.25, 0.3) is 72.8 Å². The number of rotatable bonds is 5. The Morgan fingerprint density at radius 3 is 1.73 bits per heavy atom. The Kier molecular flexibility index (Phi) is 6.50. The van der Waals surface area contributed by atoms with Crippen LogP contribution in [0, 0.1) is 12.7 Å². The Morgan fingerprint density at radius 2 is 1.04 bits per heavy atom. The summed E-state index contributed by atoms with van der Waals surface area (Å²) >= 11 is 0. The van der Waals surface area contributed by atoms with Crippen LogP contribution in [0.5, 0.6) is 0 Å². The van der Waals surface area contributed by atoms with Crippen molar-refractivity contribution in [3.05, 3.63) is 157 Å². The Labute approximate surface area is 260 Å². The molecule has 2 heterocycles. The molecule has 0 radical (unpaired) electrons. The lowest BCUT2D eigenvalue weighted by Gasteiger charge is -2.17. The first-order valence-corrected chi connectivity index (χ1v) is 14.9. The molecule has 0 aliphatic carbocycles. The molecule has 0 spiro atoms. The standard InChI is InChI=1S/C40H27FN4/c1-26-20-23-36-33(24-26)31-17-9-11-19-35(31)45(36)37-25-29(21-22-32(37)30-16-8-10-18-34(30)41)40-43-38(27-12-4-2-5-13-27)42-39(44-40)28-14-6-3-7-15-28/h2-25H,1H3. The summed E-state index contributed by atoms with van der Waals surface area (Å²) in [5, 5.41) is 2.28. The summed E-state index contributed by atoms with van der Waals surface area (Å²) in [6.07, 6.45) is 0. The predicted octanol–water partition coefficient (Wildman–Crippen LogP) is 10.1. The Morgan fingerprint density at radius 1 is 0.467 bits per heavy atom. The lowest BCUT2D eigenvalue weighted by Crippen LogP contribution is -2.02. The average Bonchev–Trinajstić information content (AvgIpc) is 3.42. The molecule has 2 aromatic heterocycles. The maximum atomic E-state index is 15.4. The fourth-order valence-corrected chi connectivity index (χ4v) is 6.05. The lowest BCUT2D eigenvalue weighted by atomic mass is 10.00. The van der Waals surface area contributed by atoms with Crippen LogP contribution in [0.1, 0.15) is 5.56 Å². The molecule has 0 amide bonds. The van der Waals surface area contributed by atoms with Crippen LogP contribution in [-0.4, -0.2) is 19.5 Å². The average molecular weight is 583 g/mol. The highest BCUT2D eigenvalue weighted by atomic mass is 19.1. The number of para-hydroxylation sites is 1. The molecule has 8 rings (SSSR count). The van der Waals surface area contributed by atoms with Crippen LogP contribution in [0.3, 0.4) is 0 Å². The second kappa shape index (κ2) is 11.0. The molecule has 0 fully saturated rings. The van der Waals surface area contributed by atoms with Gasteiger partial charge < -0.3 is 4.57 Å². The van der Waals surface area contributed by atoms with E-state index in [9.17, 15) is 0 Å². The summed E-state index contributed by atoms with van der Waals surface area (Å²) in [5.74, 6) is 1.44. The molecule has 4 nitrogen and oxygen atoms in total. The second-order valence-corrected chi connectivity index (χ2v) is 11.1. The quantitative estimate of drug-likeness (QED) is 0.203. The van der Waals surface area contributed by atoms with Gasteiger partial charge in [0.15, 0.2) is 17.5 Å². The SMILES string of the molecule is Cc1ccc2c(c1)c1ccccc1n2-c1cc(-c2nc(-c3ccccc3)nc(-c3ccccc3)n2)ccc1-c1ccccc1F. The van der Waals surface area contributed by atoms with Gasteiger partial charge in [-0.3, -0.25) is 0 Å². The molecule has 0 aliphatic rings. The van der Waals surface area contributed by atoms with Crippen LogP contribution in [0.4, 0.5) is 4.39 Å². The van der Waals surface area contributed by atoms with Crippen LogP contribution < -0.4 is 0 Å². The van der Waals surface area contributed by atoms with Crippen molar-refractivity contribution in [2.75, 3.05) is 0 Å². The molecule has 5 heteroatoms. The maximum absolute atomic E-state index is 15.4. The molecule has 0 aliphatic heterocycles. The first-order chi connectivity index (χ1) is 22.1. The van der Waals surface area contributed by atoms with E-state index in [1.165, 1.54) is 11.6 Å². The van der Waals surface area contributed by atoms with E-state index in [1.807, 2.05) is 91.0 Å². The molecule has 6 aromatic carbocycles. The third kappa shape index (κ3) is 4.75. The number of halogens is 1. The van der Waals surface area contributed by atoms with Crippen molar-refractivity contribution in [3.8, 4) is 51.0 Å². The van der Waals surface area contributed by atoms with Crippen molar-refractivity contribution in [3.63, 3.8) is 0 Å². The molecule has 214 valence electrons. The molecule has 0 unspecified atom stereocenters. The zero-order valence-electron chi connectivity index (χ0n) is 24.5. The van der Waals surface area contributed by atoms with Gasteiger partial charge >= 0.3 is 0 Å². The van der Waals surface area contributed by atoms with Gasteiger partial charge in [-0.05, 0) is 37.3 Å². The maximum Gasteiger partial charge on any atom is 0.164 e. The van der Waals surface area contributed by atoms with Gasteiger partial charge in [0.2, 0.25) is 0 Å². The minimum Gasteiger partial charge on any atom is -0.309 e. The summed E-state index contributed by atoms with van der Waals surface area (Å²) in [7, 11) is 0. The van der Waals surface area contributed by atoms with Gasteiger partial charge in [0.1, 0.15) is 5.82 Å². The molecule has 45 heavy (non-hydrogen) atoms. The highest BCUT2D eigenvalue weighted by molar-refractivity contribution is 6.10. The fourth-order valence-electron chi connectivity index (χ4n) is 6.05. The van der Waals surface area contributed by atoms with Crippen molar-refractivity contribution < 1.29 is 4.39 Å². The Bertz CT molecular complexity index is 2290. The second-order valence-electron chi connectivity index (χ2n) is 11.1. The first kappa shape index (κ1) is 26.7. The molecule has 0 bridgehead atoms. The van der Waals surface area contributed by atoms with Crippen LogP contribution in [0.2, 0.25) is 0 Å². The third-order valence-electron chi connectivity index (χ3n) is 8.19. The molecule has 0 atom stereocenters. The normalized spacial score (nSPS) is 11.3. The third-order valence-corrected chi connectivity index (χ3v) is 8.19. The topological polar surface area (TPSA) is 43.6 Å². The molecule has 8 aromatic rings. The van der Waals surface area contributed by atoms with Crippen LogP contribution >= 0.6 is 0 Å². The van der Waals surface area contributed by atoms with Gasteiger partial charge in [-0.2, -0.15) is 0 Å². The van der Waals surface area contributed by atoms with Gasteiger partial charge in [0.25, 0.3) is 0 Å². The number of aromatic nitrogens is 4. The lowest BCUT2D eigenvalue weighted by molar-refractivity contribution is 0.631. The van der Waals surface area contributed by atoms with Crippen molar-refractivity contribution in [2.45, 2.75) is 6.92 Å². The summed E-state index contributed by atoms with van der Waals surface area (Å²) in [6.45, 7) is 2.10. The van der Waals surface area contributed by atoms with E-state index >= 15 is 4.39 Å². The van der Waals surface area contributed by atoms with Crippen molar-refractivity contribution in [1.82, 2.24) is 19.5 Å². The van der Waals surface area contributed by atoms with E-state index in [0.29, 0.717) is 23.0 Å². The van der Waals surface area contributed by atoms with E-state index in [-0.39, 0.29) is 5.82 Å². The molecular weight excluding hydrogens is 555 g/mol. The highest BCUT2D eigenvalue weighted by Gasteiger charge is 2.20. The van der Waals surface area contributed by atoms with E-state index in [0.717, 1.165) is 49.7 Å². The monoisotopic (exact) mass is 582 g/mol. The number of nitrogens with zero attached hydrogens (tertiary/aromatic N) is 4. The van der Waals surface area contributed by atoms with Gasteiger partial charge in [0.05, 0.1) is 16.7 Å². The van der Waals surface area contributed by atoms with E-state index < -0.39 is 0 Å². The molecular formula is C40H27FN4. The highest BCUT2D eigenvalue weighted by Crippen LogP contribution is 2.39. The number of benzene rings is 6. The van der Waals surface area contributed by atoms with E-state index in [1.54, 1.807) is 6.07 Å². The number of fused-ring (bicyclic) bond motifs is 3. The predicted molar refractivity (Wildman–Crippen MR) is 181 cm³/mol. The minimum absolute atomic E-state index is 0.277. The number of hydrogen-bond acceptors (Lipinski definition) is 3. The zero-order chi connectivity index (χ0) is 30.3. The summed E-state index contributed by atoms with van der Waals surface area (Å²) in [5.41, 5.74) is 8.03. The van der Waals surface area contributed by atoms with Gasteiger partial charge in [-0.1, -0.05) is 121 Å². The summed E-state index contributed by atoms with van der Waals surface area (Å²) in [6, 6.07) is 47.7. The van der Waals surface area contributed by atoms with Crippen molar-refractivity contribution in [1.29, 1.82) is 0 Å². The first-order valence-electron chi connectivity index (χ1n) is 14.9. The van der Waals surface area contributed by atoms with E-state index in [2.05, 4.69) is 54.0 Å². The van der Waals surface area contributed by atoms with Crippen molar-refractivity contribution in [2.24, 2.45) is 0 Å². The van der Waals surface area contributed by atoms with Crippen LogP contribution in [-0.2, 0) is 0 Å². The van der Waals surface area contributed by atoms with Gasteiger partial charge in [-0.15, -0.1) is 0 Å². The van der Waals surface area contributed by atoms with Gasteiger partial charge in [-0.25, -0.2) is 19.3 Å².